The average molecular weight is 397 g/mol. The Kier molecular flexibility index (Phi) is 8.53. The van der Waals surface area contributed by atoms with Crippen LogP contribution in [0.4, 0.5) is 0 Å². The standard InChI is InChI=1S/C19H32N4O3S/c1-3-20-19(21-15-18(24)14-16-8-6-5-7-9-16)22-17-10-12-23(13-11-17)27(25,26)4-2/h5-9,17-18,24H,3-4,10-15H2,1-2H3,(H2,20,21,22). The number of aliphatic hydroxyl groups is 1. The SMILES string of the molecule is CCNC(=NCC(O)Cc1ccccc1)NC1CCN(S(=O)(=O)CC)CC1. The smallest absolute Gasteiger partial charge is 0.213 e. The number of rotatable bonds is 8. The summed E-state index contributed by atoms with van der Waals surface area (Å²) in [6, 6.07) is 10.0. The number of piperidine rings is 1. The van der Waals surface area contributed by atoms with Gasteiger partial charge in [-0.2, -0.15) is 0 Å². The molecule has 0 aromatic heterocycles. The van der Waals surface area contributed by atoms with Gasteiger partial charge in [-0.3, -0.25) is 4.99 Å². The van der Waals surface area contributed by atoms with Crippen molar-refractivity contribution < 1.29 is 13.5 Å². The molecular weight excluding hydrogens is 364 g/mol. The second kappa shape index (κ2) is 10.6. The van der Waals surface area contributed by atoms with E-state index in [1.54, 1.807) is 11.2 Å². The van der Waals surface area contributed by atoms with Crippen LogP contribution in [0.1, 0.15) is 32.3 Å². The highest BCUT2D eigenvalue weighted by Crippen LogP contribution is 2.14. The van der Waals surface area contributed by atoms with E-state index in [1.165, 1.54) is 0 Å². The summed E-state index contributed by atoms with van der Waals surface area (Å²) in [6.07, 6.45) is 1.52. The van der Waals surface area contributed by atoms with Crippen molar-refractivity contribution in [3.8, 4) is 0 Å². The molecule has 3 N–H and O–H groups in total. The first-order valence-electron chi connectivity index (χ1n) is 9.69. The van der Waals surface area contributed by atoms with Gasteiger partial charge < -0.3 is 15.7 Å². The highest BCUT2D eigenvalue weighted by molar-refractivity contribution is 7.89. The normalized spacial score (nSPS) is 18.3. The van der Waals surface area contributed by atoms with E-state index in [0.717, 1.165) is 24.9 Å². The summed E-state index contributed by atoms with van der Waals surface area (Å²) >= 11 is 0. The Balaban J connectivity index is 1.85. The fourth-order valence-electron chi connectivity index (χ4n) is 3.12. The van der Waals surface area contributed by atoms with Gasteiger partial charge in [0.1, 0.15) is 0 Å². The third kappa shape index (κ3) is 7.12. The zero-order valence-electron chi connectivity index (χ0n) is 16.3. The first kappa shape index (κ1) is 21.7. The number of nitrogens with zero attached hydrogens (tertiary/aromatic N) is 2. The molecule has 2 rings (SSSR count). The van der Waals surface area contributed by atoms with Gasteiger partial charge in [0.25, 0.3) is 0 Å². The van der Waals surface area contributed by atoms with Gasteiger partial charge in [-0.1, -0.05) is 30.3 Å². The molecule has 0 saturated carbocycles. The molecular formula is C19H32N4O3S. The van der Waals surface area contributed by atoms with Crippen molar-refractivity contribution in [3.05, 3.63) is 35.9 Å². The van der Waals surface area contributed by atoms with Crippen molar-refractivity contribution in [1.82, 2.24) is 14.9 Å². The Bertz CT molecular complexity index is 686. The molecule has 1 fully saturated rings. The van der Waals surface area contributed by atoms with Crippen LogP contribution in [0.25, 0.3) is 0 Å². The lowest BCUT2D eigenvalue weighted by atomic mass is 10.1. The average Bonchev–Trinajstić information content (AvgIpc) is 2.67. The fraction of sp³-hybridized carbons (Fsp3) is 0.632. The molecule has 1 aliphatic rings. The van der Waals surface area contributed by atoms with Crippen molar-refractivity contribution >= 4 is 16.0 Å². The Labute approximate surface area is 162 Å². The van der Waals surface area contributed by atoms with E-state index in [2.05, 4.69) is 15.6 Å². The van der Waals surface area contributed by atoms with Gasteiger partial charge in [-0.15, -0.1) is 0 Å². The molecule has 152 valence electrons. The predicted molar refractivity (Wildman–Crippen MR) is 109 cm³/mol. The number of hydrogen-bond donors (Lipinski definition) is 3. The number of sulfonamides is 1. The molecule has 1 heterocycles. The number of guanidine groups is 1. The van der Waals surface area contributed by atoms with Crippen molar-refractivity contribution in [3.63, 3.8) is 0 Å². The molecule has 1 saturated heterocycles. The van der Waals surface area contributed by atoms with Gasteiger partial charge in [0.15, 0.2) is 5.96 Å². The van der Waals surface area contributed by atoms with E-state index < -0.39 is 16.1 Å². The lowest BCUT2D eigenvalue weighted by molar-refractivity contribution is 0.183. The van der Waals surface area contributed by atoms with Gasteiger partial charge in [0.2, 0.25) is 10.0 Å². The molecule has 0 radical (unpaired) electrons. The summed E-state index contributed by atoms with van der Waals surface area (Å²) in [5.41, 5.74) is 1.09. The molecule has 1 atom stereocenters. The van der Waals surface area contributed by atoms with Gasteiger partial charge in [-0.05, 0) is 32.3 Å². The summed E-state index contributed by atoms with van der Waals surface area (Å²) in [6.45, 7) is 5.77. The zero-order valence-corrected chi connectivity index (χ0v) is 17.1. The number of nitrogens with one attached hydrogen (secondary N) is 2. The maximum atomic E-state index is 12.0. The quantitative estimate of drug-likeness (QED) is 0.449. The van der Waals surface area contributed by atoms with Crippen LogP contribution in [-0.2, 0) is 16.4 Å². The molecule has 8 heteroatoms. The summed E-state index contributed by atoms with van der Waals surface area (Å²) in [5.74, 6) is 0.815. The van der Waals surface area contributed by atoms with E-state index >= 15 is 0 Å². The van der Waals surface area contributed by atoms with Crippen LogP contribution >= 0.6 is 0 Å². The van der Waals surface area contributed by atoms with E-state index in [0.29, 0.717) is 32.0 Å². The minimum absolute atomic E-state index is 0.147. The molecule has 1 unspecified atom stereocenters. The Morgan fingerprint density at radius 1 is 1.26 bits per heavy atom. The third-order valence-corrected chi connectivity index (χ3v) is 6.55. The lowest BCUT2D eigenvalue weighted by Gasteiger charge is -2.32. The van der Waals surface area contributed by atoms with E-state index in [-0.39, 0.29) is 11.8 Å². The number of benzene rings is 1. The van der Waals surface area contributed by atoms with E-state index in [4.69, 9.17) is 0 Å². The molecule has 0 aliphatic carbocycles. The maximum absolute atomic E-state index is 12.0. The summed E-state index contributed by atoms with van der Waals surface area (Å²) in [4.78, 5) is 4.50. The topological polar surface area (TPSA) is 94.0 Å². The monoisotopic (exact) mass is 396 g/mol. The highest BCUT2D eigenvalue weighted by atomic mass is 32.2. The van der Waals surface area contributed by atoms with Gasteiger partial charge in [-0.25, -0.2) is 12.7 Å². The summed E-state index contributed by atoms with van der Waals surface area (Å²) in [7, 11) is -3.11. The highest BCUT2D eigenvalue weighted by Gasteiger charge is 2.27. The van der Waals surface area contributed by atoms with Crippen LogP contribution in [0.15, 0.2) is 35.3 Å². The third-order valence-electron chi connectivity index (χ3n) is 4.67. The zero-order chi connectivity index (χ0) is 19.7. The molecule has 27 heavy (non-hydrogen) atoms. The van der Waals surface area contributed by atoms with Crippen molar-refractivity contribution in [2.75, 3.05) is 31.9 Å². The molecule has 7 nitrogen and oxygen atoms in total. The molecule has 0 amide bonds. The maximum Gasteiger partial charge on any atom is 0.213 e. The predicted octanol–water partition coefficient (Wildman–Crippen LogP) is 0.959. The number of hydrogen-bond acceptors (Lipinski definition) is 4. The first-order valence-corrected chi connectivity index (χ1v) is 11.3. The fourth-order valence-corrected chi connectivity index (χ4v) is 4.25. The number of aliphatic hydroxyl groups excluding tert-OH is 1. The van der Waals surface area contributed by atoms with Crippen LogP contribution < -0.4 is 10.6 Å². The van der Waals surface area contributed by atoms with Gasteiger partial charge >= 0.3 is 0 Å². The lowest BCUT2D eigenvalue weighted by Crippen LogP contribution is -2.50. The summed E-state index contributed by atoms with van der Waals surface area (Å²) < 4.78 is 25.5. The minimum Gasteiger partial charge on any atom is -0.391 e. The summed E-state index contributed by atoms with van der Waals surface area (Å²) in [5, 5.41) is 16.8. The van der Waals surface area contributed by atoms with Gasteiger partial charge in [0.05, 0.1) is 18.4 Å². The van der Waals surface area contributed by atoms with Crippen LogP contribution in [0.3, 0.4) is 0 Å². The Morgan fingerprint density at radius 2 is 1.93 bits per heavy atom. The van der Waals surface area contributed by atoms with Crippen molar-refractivity contribution in [2.45, 2.75) is 45.3 Å². The first-order chi connectivity index (χ1) is 12.9. The van der Waals surface area contributed by atoms with Crippen molar-refractivity contribution in [1.29, 1.82) is 0 Å². The van der Waals surface area contributed by atoms with E-state index in [9.17, 15) is 13.5 Å². The molecule has 0 bridgehead atoms. The van der Waals surface area contributed by atoms with Crippen LogP contribution in [-0.4, -0.2) is 67.9 Å². The van der Waals surface area contributed by atoms with E-state index in [1.807, 2.05) is 37.3 Å². The van der Waals surface area contributed by atoms with Crippen molar-refractivity contribution in [2.24, 2.45) is 4.99 Å². The second-order valence-corrected chi connectivity index (χ2v) is 9.04. The van der Waals surface area contributed by atoms with Crippen LogP contribution in [0, 0.1) is 0 Å². The van der Waals surface area contributed by atoms with Crippen LogP contribution in [0.2, 0.25) is 0 Å². The Morgan fingerprint density at radius 3 is 2.52 bits per heavy atom. The van der Waals surface area contributed by atoms with Gasteiger partial charge in [0, 0.05) is 32.1 Å². The second-order valence-electron chi connectivity index (χ2n) is 6.78. The Hall–Kier alpha value is -1.64. The number of aliphatic imine (C=N–C) groups is 1. The molecule has 0 spiro atoms. The largest absolute Gasteiger partial charge is 0.391 e. The minimum atomic E-state index is -3.11. The molecule has 1 aliphatic heterocycles. The molecule has 1 aromatic rings. The molecule has 1 aromatic carbocycles. The van der Waals surface area contributed by atoms with Crippen LogP contribution in [0.5, 0.6) is 0 Å².